The van der Waals surface area contributed by atoms with E-state index in [0.29, 0.717) is 17.7 Å². The largest absolute Gasteiger partial charge is 0.507 e. The summed E-state index contributed by atoms with van der Waals surface area (Å²) in [4.78, 5) is 13.9. The zero-order valence-electron chi connectivity index (χ0n) is 9.08. The van der Waals surface area contributed by atoms with Gasteiger partial charge in [0.2, 0.25) is 0 Å². The van der Waals surface area contributed by atoms with Crippen LogP contribution in [-0.2, 0) is 0 Å². The summed E-state index contributed by atoms with van der Waals surface area (Å²) in [5.41, 5.74) is 2.75. The fraction of sp³-hybridized carbons (Fsp3) is 0. The number of hydrogen-bond acceptors (Lipinski definition) is 5. The predicted octanol–water partition coefficient (Wildman–Crippen LogP) is 1.57. The molecule has 0 saturated heterocycles. The molecule has 1 aromatic heterocycles. The van der Waals surface area contributed by atoms with E-state index >= 15 is 0 Å². The van der Waals surface area contributed by atoms with Crippen LogP contribution in [0.5, 0.6) is 5.75 Å². The number of para-hydroxylation sites is 1. The maximum atomic E-state index is 10.1. The molecule has 17 heavy (non-hydrogen) atoms. The number of benzene rings is 1. The molecule has 88 valence electrons. The number of hydrazine groups is 1. The number of rotatable bonds is 2. The van der Waals surface area contributed by atoms with Crippen molar-refractivity contribution in [2.75, 3.05) is 5.43 Å². The highest BCUT2D eigenvalue weighted by molar-refractivity contribution is 5.78. The van der Waals surface area contributed by atoms with E-state index < -0.39 is 0 Å². The van der Waals surface area contributed by atoms with Crippen LogP contribution in [-0.4, -0.2) is 16.4 Å². The number of anilines is 1. The average Bonchev–Trinajstić information content (AvgIpc) is 2.41. The van der Waals surface area contributed by atoms with E-state index in [9.17, 15) is 4.79 Å². The first-order valence-electron chi connectivity index (χ1n) is 4.88. The van der Waals surface area contributed by atoms with Crippen molar-refractivity contribution in [3.05, 3.63) is 54.2 Å². The fourth-order valence-corrected chi connectivity index (χ4v) is 1.04. The number of phenolic OH excluding ortho intramolecular Hbond substituents is 1. The maximum Gasteiger partial charge on any atom is 0.153 e. The van der Waals surface area contributed by atoms with E-state index in [4.69, 9.17) is 10.9 Å². The van der Waals surface area contributed by atoms with E-state index in [2.05, 4.69) is 10.4 Å². The smallest absolute Gasteiger partial charge is 0.153 e. The summed E-state index contributed by atoms with van der Waals surface area (Å²) in [5, 5.41) is 8.88. The van der Waals surface area contributed by atoms with Gasteiger partial charge in [-0.15, -0.1) is 0 Å². The second kappa shape index (κ2) is 6.97. The number of aromatic nitrogens is 1. The minimum Gasteiger partial charge on any atom is -0.507 e. The lowest BCUT2D eigenvalue weighted by atomic mass is 10.2. The molecule has 0 unspecified atom stereocenters. The lowest BCUT2D eigenvalue weighted by Gasteiger charge is -1.92. The Morgan fingerprint density at radius 2 is 1.88 bits per heavy atom. The summed E-state index contributed by atoms with van der Waals surface area (Å²) in [6.07, 6.45) is 2.30. The van der Waals surface area contributed by atoms with Gasteiger partial charge in [0.25, 0.3) is 0 Å². The first-order chi connectivity index (χ1) is 8.27. The molecule has 0 bridgehead atoms. The van der Waals surface area contributed by atoms with Crippen LogP contribution in [0, 0.1) is 0 Å². The number of nitrogens with two attached hydrogens (primary N) is 1. The standard InChI is InChI=1S/C7H6O2.C5H7N3/c8-5-6-3-1-2-4-7(6)9;6-8-5-3-1-2-4-7-5/h1-5,9H;1-4H,6H2,(H,7,8). The normalized spacial score (nSPS) is 8.76. The quantitative estimate of drug-likeness (QED) is 0.415. The average molecular weight is 231 g/mol. The summed E-state index contributed by atoms with van der Waals surface area (Å²) in [5.74, 6) is 5.76. The first-order valence-corrected chi connectivity index (χ1v) is 4.88. The molecular weight excluding hydrogens is 218 g/mol. The Kier molecular flexibility index (Phi) is 5.19. The van der Waals surface area contributed by atoms with Gasteiger partial charge in [-0.3, -0.25) is 4.79 Å². The van der Waals surface area contributed by atoms with Gasteiger partial charge in [-0.25, -0.2) is 10.8 Å². The minimum atomic E-state index is 0.0347. The number of hydrogen-bond donors (Lipinski definition) is 3. The molecular formula is C12H13N3O2. The predicted molar refractivity (Wildman–Crippen MR) is 65.5 cm³/mol. The van der Waals surface area contributed by atoms with Crippen LogP contribution in [0.25, 0.3) is 0 Å². The third kappa shape index (κ3) is 4.31. The van der Waals surface area contributed by atoms with Gasteiger partial charge in [0.15, 0.2) is 6.29 Å². The Morgan fingerprint density at radius 1 is 1.18 bits per heavy atom. The van der Waals surface area contributed by atoms with Gasteiger partial charge in [-0.05, 0) is 24.3 Å². The van der Waals surface area contributed by atoms with Gasteiger partial charge in [0.1, 0.15) is 11.6 Å². The van der Waals surface area contributed by atoms with E-state index in [-0.39, 0.29) is 5.75 Å². The highest BCUT2D eigenvalue weighted by Crippen LogP contribution is 2.11. The summed E-state index contributed by atoms with van der Waals surface area (Å²) < 4.78 is 0. The molecule has 5 heteroatoms. The van der Waals surface area contributed by atoms with Crippen molar-refractivity contribution in [1.29, 1.82) is 0 Å². The molecule has 5 nitrogen and oxygen atoms in total. The second-order valence-corrected chi connectivity index (χ2v) is 3.04. The van der Waals surface area contributed by atoms with Crippen molar-refractivity contribution in [3.63, 3.8) is 0 Å². The molecule has 0 atom stereocenters. The number of nitrogen functional groups attached to an aromatic ring is 1. The SMILES string of the molecule is NNc1ccccn1.O=Cc1ccccc1O. The lowest BCUT2D eigenvalue weighted by molar-refractivity contribution is 0.112. The molecule has 0 saturated carbocycles. The molecule has 0 amide bonds. The Hall–Kier alpha value is -2.40. The third-order valence-electron chi connectivity index (χ3n) is 1.88. The van der Waals surface area contributed by atoms with Crippen LogP contribution < -0.4 is 11.3 Å². The van der Waals surface area contributed by atoms with Gasteiger partial charge < -0.3 is 10.5 Å². The molecule has 0 aliphatic heterocycles. The molecule has 2 rings (SSSR count). The summed E-state index contributed by atoms with van der Waals surface area (Å²) in [7, 11) is 0. The summed E-state index contributed by atoms with van der Waals surface area (Å²) in [6.45, 7) is 0. The zero-order valence-corrected chi connectivity index (χ0v) is 9.08. The van der Waals surface area contributed by atoms with Crippen molar-refractivity contribution in [2.45, 2.75) is 0 Å². The van der Waals surface area contributed by atoms with E-state index in [1.165, 1.54) is 6.07 Å². The first kappa shape index (κ1) is 12.7. The van der Waals surface area contributed by atoms with Crippen molar-refractivity contribution < 1.29 is 9.90 Å². The van der Waals surface area contributed by atoms with E-state index in [1.807, 2.05) is 12.1 Å². The van der Waals surface area contributed by atoms with Crippen molar-refractivity contribution in [1.82, 2.24) is 4.98 Å². The van der Waals surface area contributed by atoms with E-state index in [0.717, 1.165) is 0 Å². The van der Waals surface area contributed by atoms with Crippen LogP contribution >= 0.6 is 0 Å². The molecule has 4 N–H and O–H groups in total. The maximum absolute atomic E-state index is 10.1. The van der Waals surface area contributed by atoms with Gasteiger partial charge in [0.05, 0.1) is 5.56 Å². The van der Waals surface area contributed by atoms with Gasteiger partial charge in [-0.2, -0.15) is 0 Å². The lowest BCUT2D eigenvalue weighted by Crippen LogP contribution is -2.07. The highest BCUT2D eigenvalue weighted by atomic mass is 16.3. The van der Waals surface area contributed by atoms with Crippen LogP contribution in [0.2, 0.25) is 0 Å². The number of carbonyl (C=O) groups excluding carboxylic acids is 1. The molecule has 1 heterocycles. The number of aromatic hydroxyl groups is 1. The molecule has 0 aliphatic carbocycles. The minimum absolute atomic E-state index is 0.0347. The Bertz CT molecular complexity index is 460. The van der Waals surface area contributed by atoms with Crippen LogP contribution in [0.1, 0.15) is 10.4 Å². The van der Waals surface area contributed by atoms with Crippen LogP contribution in [0.3, 0.4) is 0 Å². The highest BCUT2D eigenvalue weighted by Gasteiger charge is 1.93. The Morgan fingerprint density at radius 3 is 2.29 bits per heavy atom. The van der Waals surface area contributed by atoms with Crippen molar-refractivity contribution in [2.24, 2.45) is 5.84 Å². The number of nitrogens with zero attached hydrogens (tertiary/aromatic N) is 1. The summed E-state index contributed by atoms with van der Waals surface area (Å²) >= 11 is 0. The monoisotopic (exact) mass is 231 g/mol. The number of phenols is 1. The van der Waals surface area contributed by atoms with Crippen molar-refractivity contribution >= 4 is 12.1 Å². The summed E-state index contributed by atoms with van der Waals surface area (Å²) in [6, 6.07) is 11.9. The molecule has 0 radical (unpaired) electrons. The molecule has 0 fully saturated rings. The van der Waals surface area contributed by atoms with E-state index in [1.54, 1.807) is 30.5 Å². The topological polar surface area (TPSA) is 88.2 Å². The van der Waals surface area contributed by atoms with Crippen LogP contribution in [0.15, 0.2) is 48.7 Å². The fourth-order valence-electron chi connectivity index (χ4n) is 1.04. The Labute approximate surface area is 98.9 Å². The third-order valence-corrected chi connectivity index (χ3v) is 1.88. The number of aldehydes is 1. The van der Waals surface area contributed by atoms with Crippen LogP contribution in [0.4, 0.5) is 5.82 Å². The van der Waals surface area contributed by atoms with Gasteiger partial charge in [0, 0.05) is 6.20 Å². The molecule has 0 aliphatic rings. The number of pyridine rings is 1. The number of carbonyl (C=O) groups is 1. The van der Waals surface area contributed by atoms with Crippen molar-refractivity contribution in [3.8, 4) is 5.75 Å². The zero-order chi connectivity index (χ0) is 12.5. The molecule has 0 spiro atoms. The second-order valence-electron chi connectivity index (χ2n) is 3.04. The molecule has 2 aromatic rings. The van der Waals surface area contributed by atoms with Gasteiger partial charge in [-0.1, -0.05) is 18.2 Å². The Balaban J connectivity index is 0.000000171. The molecule has 1 aromatic carbocycles. The van der Waals surface area contributed by atoms with Gasteiger partial charge >= 0.3 is 0 Å². The number of nitrogens with one attached hydrogen (secondary N) is 1.